The van der Waals surface area contributed by atoms with Crippen molar-refractivity contribution in [3.05, 3.63) is 48.4 Å². The van der Waals surface area contributed by atoms with Crippen LogP contribution in [0.5, 0.6) is 5.75 Å². The molecule has 0 aliphatic rings. The fraction of sp³-hybridized carbons (Fsp3) is 0.0714. The first-order chi connectivity index (χ1) is 9.83. The average molecular weight is 269 g/mol. The van der Waals surface area contributed by atoms with Crippen molar-refractivity contribution in [2.75, 3.05) is 7.11 Å². The van der Waals surface area contributed by atoms with Gasteiger partial charge in [0.05, 0.1) is 19.1 Å². The van der Waals surface area contributed by atoms with Gasteiger partial charge in [0.15, 0.2) is 17.7 Å². The molecule has 0 saturated carbocycles. The number of benzene rings is 1. The molecule has 6 nitrogen and oxygen atoms in total. The number of methoxy groups -OCH3 is 1. The average Bonchev–Trinajstić information content (AvgIpc) is 3.15. The topological polar surface area (TPSA) is 70.2 Å². The summed E-state index contributed by atoms with van der Waals surface area (Å²) in [7, 11) is 1.60. The molecule has 3 aromatic rings. The molecule has 0 amide bonds. The largest absolute Gasteiger partial charge is 0.497 e. The predicted molar refractivity (Wildman–Crippen MR) is 71.0 cm³/mol. The van der Waals surface area contributed by atoms with Crippen molar-refractivity contribution in [2.45, 2.75) is 0 Å². The number of carbonyl (C=O) groups is 1. The van der Waals surface area contributed by atoms with Gasteiger partial charge in [-0.1, -0.05) is 5.21 Å². The molecule has 2 heterocycles. The normalized spacial score (nSPS) is 10.4. The molecule has 0 aliphatic carbocycles. The van der Waals surface area contributed by atoms with E-state index in [1.54, 1.807) is 23.9 Å². The van der Waals surface area contributed by atoms with Crippen molar-refractivity contribution in [3.8, 4) is 22.9 Å². The lowest BCUT2D eigenvalue weighted by Crippen LogP contribution is -1.99. The van der Waals surface area contributed by atoms with Crippen LogP contribution in [0.15, 0.2) is 47.1 Å². The number of rotatable bonds is 4. The second kappa shape index (κ2) is 5.00. The first-order valence-electron chi connectivity index (χ1n) is 5.92. The summed E-state index contributed by atoms with van der Waals surface area (Å²) in [6.07, 6.45) is 2.19. The molecule has 2 aromatic heterocycles. The molecular formula is C14H11N3O3. The molecule has 0 atom stereocenters. The molecule has 0 unspecified atom stereocenters. The summed E-state index contributed by atoms with van der Waals surface area (Å²) in [5.41, 5.74) is 1.52. The predicted octanol–water partition coefficient (Wildman–Crippen LogP) is 2.35. The van der Waals surface area contributed by atoms with Crippen molar-refractivity contribution < 1.29 is 13.9 Å². The Morgan fingerprint density at radius 2 is 2.05 bits per heavy atom. The van der Waals surface area contributed by atoms with Crippen LogP contribution >= 0.6 is 0 Å². The van der Waals surface area contributed by atoms with E-state index in [0.717, 1.165) is 11.4 Å². The van der Waals surface area contributed by atoms with Crippen LogP contribution in [0.1, 0.15) is 10.5 Å². The van der Waals surface area contributed by atoms with E-state index >= 15 is 0 Å². The molecular weight excluding hydrogens is 258 g/mol. The first-order valence-corrected chi connectivity index (χ1v) is 5.92. The monoisotopic (exact) mass is 269 g/mol. The van der Waals surface area contributed by atoms with Gasteiger partial charge in [0, 0.05) is 0 Å². The fourth-order valence-electron chi connectivity index (χ4n) is 1.92. The van der Waals surface area contributed by atoms with Crippen LogP contribution in [0, 0.1) is 0 Å². The van der Waals surface area contributed by atoms with Crippen LogP contribution in [0.25, 0.3) is 17.1 Å². The third-order valence-electron chi connectivity index (χ3n) is 2.88. The smallest absolute Gasteiger partial charge is 0.172 e. The Labute approximate surface area is 114 Å². The van der Waals surface area contributed by atoms with E-state index < -0.39 is 0 Å². The Bertz CT molecular complexity index is 715. The van der Waals surface area contributed by atoms with Crippen LogP contribution in [0.2, 0.25) is 0 Å². The summed E-state index contributed by atoms with van der Waals surface area (Å²) in [5, 5.41) is 7.87. The van der Waals surface area contributed by atoms with E-state index in [-0.39, 0.29) is 5.69 Å². The number of hydrogen-bond donors (Lipinski definition) is 0. The van der Waals surface area contributed by atoms with Crippen molar-refractivity contribution in [1.82, 2.24) is 15.0 Å². The van der Waals surface area contributed by atoms with Gasteiger partial charge in [-0.05, 0) is 36.4 Å². The van der Waals surface area contributed by atoms with E-state index in [4.69, 9.17) is 9.15 Å². The molecule has 0 aliphatic heterocycles. The van der Waals surface area contributed by atoms with E-state index in [1.807, 2.05) is 24.3 Å². The second-order valence-electron chi connectivity index (χ2n) is 4.03. The van der Waals surface area contributed by atoms with Gasteiger partial charge in [0.1, 0.15) is 11.4 Å². The molecule has 0 radical (unpaired) electrons. The maximum atomic E-state index is 11.1. The Hall–Kier alpha value is -2.89. The molecule has 0 spiro atoms. The van der Waals surface area contributed by atoms with E-state index in [0.29, 0.717) is 17.7 Å². The summed E-state index contributed by atoms with van der Waals surface area (Å²) in [6, 6.07) is 10.8. The highest BCUT2D eigenvalue weighted by atomic mass is 16.5. The molecule has 0 fully saturated rings. The van der Waals surface area contributed by atoms with E-state index in [2.05, 4.69) is 10.3 Å². The van der Waals surface area contributed by atoms with Gasteiger partial charge in [-0.2, -0.15) is 0 Å². The molecule has 1 aromatic carbocycles. The molecule has 0 bridgehead atoms. The lowest BCUT2D eigenvalue weighted by atomic mass is 10.2. The van der Waals surface area contributed by atoms with Crippen LogP contribution in [0.4, 0.5) is 0 Å². The maximum Gasteiger partial charge on any atom is 0.172 e. The van der Waals surface area contributed by atoms with Crippen molar-refractivity contribution in [1.29, 1.82) is 0 Å². The molecule has 3 rings (SSSR count). The van der Waals surface area contributed by atoms with Crippen molar-refractivity contribution in [2.24, 2.45) is 0 Å². The van der Waals surface area contributed by atoms with E-state index in [1.165, 1.54) is 6.26 Å². The minimum absolute atomic E-state index is 0.232. The fourth-order valence-corrected chi connectivity index (χ4v) is 1.92. The van der Waals surface area contributed by atoms with Gasteiger partial charge < -0.3 is 9.15 Å². The minimum atomic E-state index is 0.232. The third-order valence-corrected chi connectivity index (χ3v) is 2.88. The summed E-state index contributed by atoms with van der Waals surface area (Å²) >= 11 is 0. The van der Waals surface area contributed by atoms with E-state index in [9.17, 15) is 4.79 Å². The van der Waals surface area contributed by atoms with Crippen molar-refractivity contribution >= 4 is 6.29 Å². The summed E-state index contributed by atoms with van der Waals surface area (Å²) in [4.78, 5) is 11.1. The highest BCUT2D eigenvalue weighted by molar-refractivity contribution is 5.82. The summed E-state index contributed by atoms with van der Waals surface area (Å²) < 4.78 is 12.0. The number of aromatic nitrogens is 3. The summed E-state index contributed by atoms with van der Waals surface area (Å²) in [5.74, 6) is 1.27. The Morgan fingerprint density at radius 1 is 1.25 bits per heavy atom. The number of nitrogens with zero attached hydrogens (tertiary/aromatic N) is 3. The Morgan fingerprint density at radius 3 is 2.65 bits per heavy atom. The Kier molecular flexibility index (Phi) is 3.04. The lowest BCUT2D eigenvalue weighted by molar-refractivity contribution is 0.111. The Balaban J connectivity index is 2.14. The highest BCUT2D eigenvalue weighted by Gasteiger charge is 2.17. The van der Waals surface area contributed by atoms with Crippen LogP contribution in [-0.2, 0) is 0 Å². The number of aldehydes is 1. The minimum Gasteiger partial charge on any atom is -0.497 e. The molecule has 20 heavy (non-hydrogen) atoms. The number of hydrogen-bond acceptors (Lipinski definition) is 5. The van der Waals surface area contributed by atoms with Crippen molar-refractivity contribution in [3.63, 3.8) is 0 Å². The zero-order valence-electron chi connectivity index (χ0n) is 10.7. The van der Waals surface area contributed by atoms with Crippen LogP contribution in [0.3, 0.4) is 0 Å². The van der Waals surface area contributed by atoms with Gasteiger partial charge in [-0.25, -0.2) is 4.68 Å². The molecule has 6 heteroatoms. The number of ether oxygens (including phenoxy) is 1. The van der Waals surface area contributed by atoms with Crippen LogP contribution in [-0.4, -0.2) is 28.4 Å². The van der Waals surface area contributed by atoms with Gasteiger partial charge >= 0.3 is 0 Å². The maximum absolute atomic E-state index is 11.1. The number of carbonyl (C=O) groups excluding carboxylic acids is 1. The van der Waals surface area contributed by atoms with Gasteiger partial charge in [-0.3, -0.25) is 4.79 Å². The van der Waals surface area contributed by atoms with Gasteiger partial charge in [0.25, 0.3) is 0 Å². The first kappa shape index (κ1) is 12.2. The summed E-state index contributed by atoms with van der Waals surface area (Å²) in [6.45, 7) is 0. The number of furan rings is 1. The third kappa shape index (κ3) is 1.97. The molecule has 100 valence electrons. The standard InChI is InChI=1S/C14H11N3O3/c1-19-11-6-4-10(5-7-11)17-14(12(9-18)15-16-17)13-3-2-8-20-13/h2-9H,1H3. The van der Waals surface area contributed by atoms with Gasteiger partial charge in [-0.15, -0.1) is 5.10 Å². The zero-order chi connectivity index (χ0) is 13.9. The molecule has 0 saturated heterocycles. The van der Waals surface area contributed by atoms with Gasteiger partial charge in [0.2, 0.25) is 0 Å². The SMILES string of the molecule is COc1ccc(-n2nnc(C=O)c2-c2ccco2)cc1. The second-order valence-corrected chi connectivity index (χ2v) is 4.03. The lowest BCUT2D eigenvalue weighted by Gasteiger charge is -2.05. The molecule has 0 N–H and O–H groups in total. The quantitative estimate of drug-likeness (QED) is 0.680. The highest BCUT2D eigenvalue weighted by Crippen LogP contribution is 2.25. The van der Waals surface area contributed by atoms with Crippen LogP contribution < -0.4 is 4.74 Å². The zero-order valence-corrected chi connectivity index (χ0v) is 10.7.